The van der Waals surface area contributed by atoms with Crippen LogP contribution in [0.15, 0.2) is 41.8 Å². The number of aliphatic hydroxyl groups is 1. The van der Waals surface area contributed by atoms with E-state index in [1.54, 1.807) is 0 Å². The molecule has 0 aliphatic carbocycles. The number of diazo groups is 1. The van der Waals surface area contributed by atoms with Crippen molar-refractivity contribution in [3.8, 4) is 0 Å². The first-order valence-electron chi connectivity index (χ1n) is 6.08. The van der Waals surface area contributed by atoms with Crippen LogP contribution < -0.4 is 0 Å². The molecule has 0 spiro atoms. The van der Waals surface area contributed by atoms with Crippen molar-refractivity contribution in [3.05, 3.63) is 52.3 Å². The third-order valence-corrected chi connectivity index (χ3v) is 2.72. The SMILES string of the molecule is COC(=O)/C([N+]#N)=C(\O)CCCCc1ccccc1. The molecular weight excluding hydrogens is 244 g/mol. The van der Waals surface area contributed by atoms with Gasteiger partial charge in [0.15, 0.2) is 10.7 Å². The van der Waals surface area contributed by atoms with E-state index in [0.717, 1.165) is 20.0 Å². The van der Waals surface area contributed by atoms with Gasteiger partial charge in [0.1, 0.15) is 0 Å². The zero-order valence-corrected chi connectivity index (χ0v) is 10.9. The van der Waals surface area contributed by atoms with Crippen LogP contribution in [0.25, 0.3) is 4.98 Å². The van der Waals surface area contributed by atoms with E-state index >= 15 is 0 Å². The molecule has 0 atom stereocenters. The number of ether oxygens (including phenoxy) is 1. The summed E-state index contributed by atoms with van der Waals surface area (Å²) in [6.07, 6.45) is 2.74. The number of rotatable bonds is 6. The van der Waals surface area contributed by atoms with E-state index in [9.17, 15) is 9.90 Å². The molecule has 0 aliphatic rings. The minimum atomic E-state index is -0.844. The summed E-state index contributed by atoms with van der Waals surface area (Å²) >= 11 is 0. The highest BCUT2D eigenvalue weighted by atomic mass is 16.5. The summed E-state index contributed by atoms with van der Waals surface area (Å²) in [6, 6.07) is 10.0. The lowest BCUT2D eigenvalue weighted by molar-refractivity contribution is -0.136. The number of aryl methyl sites for hydroxylation is 1. The molecule has 0 fully saturated rings. The zero-order valence-electron chi connectivity index (χ0n) is 10.9. The quantitative estimate of drug-likeness (QED) is 0.280. The Morgan fingerprint density at radius 2 is 2.00 bits per heavy atom. The molecule has 0 amide bonds. The van der Waals surface area contributed by atoms with Crippen LogP contribution in [0.1, 0.15) is 24.8 Å². The summed E-state index contributed by atoms with van der Waals surface area (Å²) in [6.45, 7) is 0. The predicted octanol–water partition coefficient (Wildman–Crippen LogP) is 3.20. The number of hydrogen-bond acceptors (Lipinski definition) is 4. The summed E-state index contributed by atoms with van der Waals surface area (Å²) in [4.78, 5) is 13.9. The maximum absolute atomic E-state index is 11.1. The number of nitrogens with zero attached hydrogens (tertiary/aromatic N) is 2. The summed E-state index contributed by atoms with van der Waals surface area (Å²) in [5, 5.41) is 18.3. The van der Waals surface area contributed by atoms with Crippen molar-refractivity contribution in [2.24, 2.45) is 0 Å². The van der Waals surface area contributed by atoms with Gasteiger partial charge in [0, 0.05) is 6.42 Å². The maximum atomic E-state index is 11.1. The Morgan fingerprint density at radius 1 is 1.32 bits per heavy atom. The normalized spacial score (nSPS) is 11.4. The van der Waals surface area contributed by atoms with Crippen LogP contribution in [0.2, 0.25) is 0 Å². The van der Waals surface area contributed by atoms with Gasteiger partial charge >= 0.3 is 11.7 Å². The van der Waals surface area contributed by atoms with Crippen LogP contribution in [0.5, 0.6) is 0 Å². The number of allylic oxidation sites excluding steroid dienone is 1. The van der Waals surface area contributed by atoms with E-state index in [0.29, 0.717) is 6.42 Å². The van der Waals surface area contributed by atoms with Gasteiger partial charge in [-0.25, -0.2) is 4.79 Å². The summed E-state index contributed by atoms with van der Waals surface area (Å²) in [5.74, 6) is -1.09. The minimum absolute atomic E-state index is 0.248. The van der Waals surface area contributed by atoms with Crippen molar-refractivity contribution in [3.63, 3.8) is 0 Å². The summed E-state index contributed by atoms with van der Waals surface area (Å²) in [5.41, 5.74) is 0.799. The lowest BCUT2D eigenvalue weighted by Crippen LogP contribution is -2.05. The molecule has 0 saturated carbocycles. The highest BCUT2D eigenvalue weighted by Crippen LogP contribution is 2.14. The lowest BCUT2D eigenvalue weighted by Gasteiger charge is -2.00. The Hall–Kier alpha value is -2.35. The Bertz CT molecular complexity index is 489. The van der Waals surface area contributed by atoms with Gasteiger partial charge in [0.25, 0.3) is 0 Å². The Balaban J connectivity index is 2.42. The number of hydrogen-bond donors (Lipinski definition) is 1. The average Bonchev–Trinajstić information content (AvgIpc) is 2.45. The molecule has 100 valence electrons. The molecule has 0 heterocycles. The first-order valence-corrected chi connectivity index (χ1v) is 6.08. The first kappa shape index (κ1) is 14.7. The van der Waals surface area contributed by atoms with Crippen molar-refractivity contribution in [2.45, 2.75) is 25.7 Å². The summed E-state index contributed by atoms with van der Waals surface area (Å²) in [7, 11) is 1.16. The molecule has 1 rings (SSSR count). The molecule has 0 aliphatic heterocycles. The molecule has 0 saturated heterocycles. The smallest absolute Gasteiger partial charge is 0.505 e. The van der Waals surface area contributed by atoms with Crippen molar-refractivity contribution in [1.29, 1.82) is 5.39 Å². The van der Waals surface area contributed by atoms with Gasteiger partial charge in [0.05, 0.1) is 7.11 Å². The van der Waals surface area contributed by atoms with Crippen molar-refractivity contribution >= 4 is 5.97 Å². The minimum Gasteiger partial charge on any atom is -0.505 e. The van der Waals surface area contributed by atoms with Crippen LogP contribution in [-0.2, 0) is 16.0 Å². The van der Waals surface area contributed by atoms with Crippen LogP contribution in [0.4, 0.5) is 0 Å². The molecule has 19 heavy (non-hydrogen) atoms. The first-order chi connectivity index (χ1) is 9.19. The van der Waals surface area contributed by atoms with E-state index in [1.165, 1.54) is 5.56 Å². The molecule has 0 aromatic heterocycles. The number of benzene rings is 1. The molecular formula is C14H17N2O3+. The Labute approximate surface area is 112 Å². The van der Waals surface area contributed by atoms with Gasteiger partial charge in [-0.05, 0) is 24.8 Å². The van der Waals surface area contributed by atoms with Gasteiger partial charge in [-0.1, -0.05) is 30.3 Å². The average molecular weight is 261 g/mol. The van der Waals surface area contributed by atoms with Crippen molar-refractivity contribution in [1.82, 2.24) is 0 Å². The fourth-order valence-electron chi connectivity index (χ4n) is 1.70. The van der Waals surface area contributed by atoms with E-state index in [4.69, 9.17) is 5.39 Å². The Morgan fingerprint density at radius 3 is 2.58 bits per heavy atom. The third kappa shape index (κ3) is 4.80. The van der Waals surface area contributed by atoms with Crippen LogP contribution >= 0.6 is 0 Å². The third-order valence-electron chi connectivity index (χ3n) is 2.72. The molecule has 5 heteroatoms. The van der Waals surface area contributed by atoms with Crippen LogP contribution in [0, 0.1) is 5.39 Å². The molecule has 5 nitrogen and oxygen atoms in total. The number of aliphatic hydroxyl groups excluding tert-OH is 1. The molecule has 1 aromatic carbocycles. The highest BCUT2D eigenvalue weighted by molar-refractivity contribution is 5.90. The molecule has 1 aromatic rings. The second kappa shape index (κ2) is 7.88. The molecule has 1 N–H and O–H groups in total. The fourth-order valence-corrected chi connectivity index (χ4v) is 1.70. The second-order valence-corrected chi connectivity index (χ2v) is 4.08. The van der Waals surface area contributed by atoms with E-state index in [2.05, 4.69) is 9.71 Å². The number of carbonyl (C=O) groups is 1. The Kier molecular flexibility index (Phi) is 6.10. The standard InChI is InChI=1S/C14H16N2O3/c1-19-14(18)13(16-15)12(17)10-6-5-9-11-7-3-2-4-8-11/h2-4,7-8H,5-6,9-10H2,1H3/p+1. The number of esters is 1. The summed E-state index contributed by atoms with van der Waals surface area (Å²) < 4.78 is 4.39. The number of carbonyl (C=O) groups excluding carboxylic acids is 1. The topological polar surface area (TPSA) is 74.7 Å². The largest absolute Gasteiger partial charge is 0.505 e. The van der Waals surface area contributed by atoms with E-state index in [-0.39, 0.29) is 12.2 Å². The lowest BCUT2D eigenvalue weighted by atomic mass is 10.1. The van der Waals surface area contributed by atoms with Gasteiger partial charge in [-0.3, -0.25) is 0 Å². The zero-order chi connectivity index (χ0) is 14.1. The predicted molar refractivity (Wildman–Crippen MR) is 70.8 cm³/mol. The molecule has 0 unspecified atom stereocenters. The van der Waals surface area contributed by atoms with Gasteiger partial charge < -0.3 is 9.84 Å². The molecule has 0 radical (unpaired) electrons. The number of methoxy groups -OCH3 is 1. The fraction of sp³-hybridized carbons (Fsp3) is 0.357. The second-order valence-electron chi connectivity index (χ2n) is 4.08. The van der Waals surface area contributed by atoms with E-state index < -0.39 is 11.7 Å². The highest BCUT2D eigenvalue weighted by Gasteiger charge is 2.29. The van der Waals surface area contributed by atoms with Crippen LogP contribution in [-0.4, -0.2) is 18.2 Å². The van der Waals surface area contributed by atoms with Crippen molar-refractivity contribution in [2.75, 3.05) is 7.11 Å². The number of unbranched alkanes of at least 4 members (excludes halogenated alkanes) is 1. The maximum Gasteiger partial charge on any atom is 0.505 e. The van der Waals surface area contributed by atoms with Gasteiger partial charge in [-0.15, -0.1) is 0 Å². The van der Waals surface area contributed by atoms with Crippen LogP contribution in [0.3, 0.4) is 0 Å². The van der Waals surface area contributed by atoms with Crippen molar-refractivity contribution < 1.29 is 14.6 Å². The van der Waals surface area contributed by atoms with E-state index in [1.807, 2.05) is 30.3 Å². The molecule has 0 bridgehead atoms. The van der Waals surface area contributed by atoms with Gasteiger partial charge in [0.2, 0.25) is 5.39 Å². The monoisotopic (exact) mass is 261 g/mol. The van der Waals surface area contributed by atoms with Gasteiger partial charge in [-0.2, -0.15) is 0 Å².